The average Bonchev–Trinajstić information content (AvgIpc) is 2.93. The van der Waals surface area contributed by atoms with E-state index in [-0.39, 0.29) is 18.3 Å². The monoisotopic (exact) mass is 350 g/mol. The maximum atomic E-state index is 13.2. The summed E-state index contributed by atoms with van der Waals surface area (Å²) in [5.74, 6) is 0.374. The highest BCUT2D eigenvalue weighted by Gasteiger charge is 2.33. The Morgan fingerprint density at radius 3 is 2.68 bits per heavy atom. The van der Waals surface area contributed by atoms with E-state index in [2.05, 4.69) is 4.90 Å². The molecular weight excluding hydrogens is 327 g/mol. The molecule has 3 rings (SSSR count). The molecule has 0 bridgehead atoms. The van der Waals surface area contributed by atoms with Crippen molar-refractivity contribution in [3.8, 4) is 5.75 Å². The van der Waals surface area contributed by atoms with Crippen LogP contribution >= 0.6 is 0 Å². The normalized spacial score (nSPS) is 19.4. The number of piperidine rings is 1. The molecule has 0 atom stereocenters. The molecule has 136 valence electrons. The Morgan fingerprint density at radius 1 is 1.28 bits per heavy atom. The molecule has 2 heterocycles. The fourth-order valence-electron chi connectivity index (χ4n) is 3.41. The molecule has 1 aromatic rings. The summed E-state index contributed by atoms with van der Waals surface area (Å²) in [5, 5.41) is 0. The standard InChI is InChI=1S/C18H23FN2O4/c1-24-16-10-15(19)3-2-14(16)6-9-20-7-4-13(5-8-20)11-21-17(22)12-25-18(21)23/h2-3,10,13H,4-9,11-12H2,1H3. The molecule has 0 spiro atoms. The van der Waals surface area contributed by atoms with Crippen LogP contribution in [0.4, 0.5) is 9.18 Å². The van der Waals surface area contributed by atoms with Gasteiger partial charge in [-0.25, -0.2) is 14.1 Å². The highest BCUT2D eigenvalue weighted by Crippen LogP contribution is 2.23. The molecule has 0 saturated carbocycles. The number of benzene rings is 1. The van der Waals surface area contributed by atoms with Crippen molar-refractivity contribution in [1.29, 1.82) is 0 Å². The fourth-order valence-corrected chi connectivity index (χ4v) is 3.41. The second kappa shape index (κ2) is 7.82. The summed E-state index contributed by atoms with van der Waals surface area (Å²) >= 11 is 0. The zero-order valence-corrected chi connectivity index (χ0v) is 14.4. The van der Waals surface area contributed by atoms with Gasteiger partial charge < -0.3 is 14.4 Å². The number of likely N-dealkylation sites (tertiary alicyclic amines) is 1. The Balaban J connectivity index is 1.45. The molecule has 0 N–H and O–H groups in total. The first-order chi connectivity index (χ1) is 12.1. The summed E-state index contributed by atoms with van der Waals surface area (Å²) < 4.78 is 23.2. The number of carbonyl (C=O) groups excluding carboxylic acids is 2. The third kappa shape index (κ3) is 4.28. The first kappa shape index (κ1) is 17.7. The SMILES string of the molecule is COc1cc(F)ccc1CCN1CCC(CN2C(=O)COC2=O)CC1. The number of hydrogen-bond acceptors (Lipinski definition) is 5. The molecule has 7 heteroatoms. The lowest BCUT2D eigenvalue weighted by Crippen LogP contribution is -2.41. The summed E-state index contributed by atoms with van der Waals surface area (Å²) in [4.78, 5) is 26.7. The van der Waals surface area contributed by atoms with Crippen LogP contribution in [0.1, 0.15) is 18.4 Å². The fraction of sp³-hybridized carbons (Fsp3) is 0.556. The van der Waals surface area contributed by atoms with E-state index in [4.69, 9.17) is 9.47 Å². The van der Waals surface area contributed by atoms with Gasteiger partial charge in [0.25, 0.3) is 5.91 Å². The van der Waals surface area contributed by atoms with Gasteiger partial charge in [-0.3, -0.25) is 4.79 Å². The number of rotatable bonds is 6. The van der Waals surface area contributed by atoms with Gasteiger partial charge in [-0.2, -0.15) is 0 Å². The molecule has 6 nitrogen and oxygen atoms in total. The van der Waals surface area contributed by atoms with Crippen LogP contribution in [0, 0.1) is 11.7 Å². The predicted molar refractivity (Wildman–Crippen MR) is 88.9 cm³/mol. The van der Waals surface area contributed by atoms with Crippen molar-refractivity contribution in [2.45, 2.75) is 19.3 Å². The zero-order chi connectivity index (χ0) is 17.8. The number of nitrogens with zero attached hydrogens (tertiary/aromatic N) is 2. The van der Waals surface area contributed by atoms with Crippen molar-refractivity contribution in [3.63, 3.8) is 0 Å². The lowest BCUT2D eigenvalue weighted by atomic mass is 9.96. The molecule has 2 fully saturated rings. The van der Waals surface area contributed by atoms with Crippen LogP contribution in [0.3, 0.4) is 0 Å². The number of amides is 2. The van der Waals surface area contributed by atoms with Crippen molar-refractivity contribution in [1.82, 2.24) is 9.80 Å². The Labute approximate surface area is 146 Å². The summed E-state index contributed by atoms with van der Waals surface area (Å²) in [5.41, 5.74) is 0.997. The number of carbonyl (C=O) groups is 2. The van der Waals surface area contributed by atoms with Gasteiger partial charge in [0.05, 0.1) is 7.11 Å². The van der Waals surface area contributed by atoms with Crippen molar-refractivity contribution >= 4 is 12.0 Å². The van der Waals surface area contributed by atoms with Crippen molar-refractivity contribution in [3.05, 3.63) is 29.6 Å². The lowest BCUT2D eigenvalue weighted by molar-refractivity contribution is -0.126. The molecule has 1 aromatic carbocycles. The van der Waals surface area contributed by atoms with E-state index in [1.165, 1.54) is 17.0 Å². The molecule has 2 saturated heterocycles. The van der Waals surface area contributed by atoms with Crippen LogP contribution in [-0.4, -0.2) is 61.7 Å². The first-order valence-corrected chi connectivity index (χ1v) is 8.58. The quantitative estimate of drug-likeness (QED) is 0.786. The van der Waals surface area contributed by atoms with Crippen molar-refractivity contribution in [2.75, 3.05) is 39.9 Å². The van der Waals surface area contributed by atoms with E-state index in [1.807, 2.05) is 0 Å². The van der Waals surface area contributed by atoms with Gasteiger partial charge in [0, 0.05) is 19.2 Å². The molecular formula is C18H23FN2O4. The number of cyclic esters (lactones) is 1. The minimum atomic E-state index is -0.518. The highest BCUT2D eigenvalue weighted by atomic mass is 19.1. The van der Waals surface area contributed by atoms with Crippen LogP contribution in [0.25, 0.3) is 0 Å². The van der Waals surface area contributed by atoms with E-state index in [9.17, 15) is 14.0 Å². The number of methoxy groups -OCH3 is 1. The van der Waals surface area contributed by atoms with Gasteiger partial charge >= 0.3 is 6.09 Å². The molecule has 0 aliphatic carbocycles. The van der Waals surface area contributed by atoms with Crippen LogP contribution in [0.5, 0.6) is 5.75 Å². The molecule has 0 radical (unpaired) electrons. The second-order valence-corrected chi connectivity index (χ2v) is 6.55. The zero-order valence-electron chi connectivity index (χ0n) is 14.4. The Hall–Kier alpha value is -2.15. The van der Waals surface area contributed by atoms with Gasteiger partial charge in [-0.1, -0.05) is 6.07 Å². The maximum absolute atomic E-state index is 13.2. The second-order valence-electron chi connectivity index (χ2n) is 6.55. The van der Waals surface area contributed by atoms with E-state index < -0.39 is 6.09 Å². The van der Waals surface area contributed by atoms with Gasteiger partial charge in [-0.15, -0.1) is 0 Å². The Bertz CT molecular complexity index is 628. The third-order valence-electron chi connectivity index (χ3n) is 4.93. The summed E-state index contributed by atoms with van der Waals surface area (Å²) in [7, 11) is 1.55. The minimum absolute atomic E-state index is 0.128. The molecule has 2 aliphatic heterocycles. The molecule has 0 aromatic heterocycles. The van der Waals surface area contributed by atoms with E-state index in [0.29, 0.717) is 18.2 Å². The Kier molecular flexibility index (Phi) is 5.53. The molecule has 0 unspecified atom stereocenters. The van der Waals surface area contributed by atoms with Crippen LogP contribution in [0.2, 0.25) is 0 Å². The molecule has 2 aliphatic rings. The van der Waals surface area contributed by atoms with Crippen LogP contribution < -0.4 is 4.74 Å². The van der Waals surface area contributed by atoms with Gasteiger partial charge in [0.15, 0.2) is 6.61 Å². The highest BCUT2D eigenvalue weighted by molar-refractivity contribution is 5.97. The van der Waals surface area contributed by atoms with Gasteiger partial charge in [0.1, 0.15) is 11.6 Å². The third-order valence-corrected chi connectivity index (χ3v) is 4.93. The van der Waals surface area contributed by atoms with E-state index in [1.54, 1.807) is 13.2 Å². The summed E-state index contributed by atoms with van der Waals surface area (Å²) in [6.07, 6.45) is 2.16. The Morgan fingerprint density at radius 2 is 2.04 bits per heavy atom. The topological polar surface area (TPSA) is 59.1 Å². The average molecular weight is 350 g/mol. The number of ether oxygens (including phenoxy) is 2. The molecule has 2 amide bonds. The summed E-state index contributed by atoms with van der Waals surface area (Å²) in [6.45, 7) is 3.05. The van der Waals surface area contributed by atoms with Crippen molar-refractivity contribution in [2.24, 2.45) is 5.92 Å². The number of halogens is 1. The number of hydrogen-bond donors (Lipinski definition) is 0. The first-order valence-electron chi connectivity index (χ1n) is 8.58. The molecule has 25 heavy (non-hydrogen) atoms. The van der Waals surface area contributed by atoms with Crippen LogP contribution in [-0.2, 0) is 16.0 Å². The van der Waals surface area contributed by atoms with Gasteiger partial charge in [-0.05, 0) is 49.9 Å². The van der Waals surface area contributed by atoms with E-state index in [0.717, 1.165) is 44.5 Å². The largest absolute Gasteiger partial charge is 0.496 e. The van der Waals surface area contributed by atoms with Crippen molar-refractivity contribution < 1.29 is 23.5 Å². The van der Waals surface area contributed by atoms with E-state index >= 15 is 0 Å². The lowest BCUT2D eigenvalue weighted by Gasteiger charge is -2.33. The maximum Gasteiger partial charge on any atom is 0.417 e. The minimum Gasteiger partial charge on any atom is -0.496 e. The smallest absolute Gasteiger partial charge is 0.417 e. The number of imide groups is 1. The van der Waals surface area contributed by atoms with Crippen LogP contribution in [0.15, 0.2) is 18.2 Å². The summed E-state index contributed by atoms with van der Waals surface area (Å²) in [6, 6.07) is 4.63. The predicted octanol–water partition coefficient (Wildman–Crippen LogP) is 2.07. The van der Waals surface area contributed by atoms with Gasteiger partial charge in [0.2, 0.25) is 0 Å².